The fraction of sp³-hybridized carbons (Fsp3) is 0.355. The molecule has 45 heavy (non-hydrogen) atoms. The van der Waals surface area contributed by atoms with Crippen LogP contribution in [0.15, 0.2) is 66.7 Å². The number of hydrogen-bond acceptors (Lipinski definition) is 4. The number of carbonyl (C=O) groups is 2. The Balaban J connectivity index is 1.80. The van der Waals surface area contributed by atoms with Crippen molar-refractivity contribution in [2.75, 3.05) is 17.1 Å². The third-order valence-corrected chi connectivity index (χ3v) is 9.74. The molecule has 0 saturated heterocycles. The van der Waals surface area contributed by atoms with Gasteiger partial charge in [-0.25, -0.2) is 8.42 Å². The summed E-state index contributed by atoms with van der Waals surface area (Å²) >= 11 is 19.1. The predicted molar refractivity (Wildman–Crippen MR) is 170 cm³/mol. The van der Waals surface area contributed by atoms with Gasteiger partial charge in [-0.1, -0.05) is 84.0 Å². The van der Waals surface area contributed by atoms with Gasteiger partial charge in [0.1, 0.15) is 12.6 Å². The van der Waals surface area contributed by atoms with Crippen molar-refractivity contribution in [3.63, 3.8) is 0 Å². The van der Waals surface area contributed by atoms with Crippen LogP contribution in [0.1, 0.15) is 42.4 Å². The third-order valence-electron chi connectivity index (χ3n) is 7.58. The lowest BCUT2D eigenvalue weighted by Crippen LogP contribution is -2.54. The van der Waals surface area contributed by atoms with E-state index in [1.54, 1.807) is 48.5 Å². The number of amides is 2. The number of alkyl halides is 3. The maximum absolute atomic E-state index is 14.3. The van der Waals surface area contributed by atoms with Crippen LogP contribution < -0.4 is 9.62 Å². The summed E-state index contributed by atoms with van der Waals surface area (Å²) in [7, 11) is -4.36. The van der Waals surface area contributed by atoms with E-state index < -0.39 is 51.9 Å². The van der Waals surface area contributed by atoms with Crippen molar-refractivity contribution in [3.05, 3.63) is 98.5 Å². The molecular formula is C31H31Cl3F3N3O4S. The van der Waals surface area contributed by atoms with Gasteiger partial charge >= 0.3 is 6.18 Å². The maximum Gasteiger partial charge on any atom is 0.416 e. The average molecular weight is 705 g/mol. The van der Waals surface area contributed by atoms with E-state index in [2.05, 4.69) is 5.32 Å². The first-order valence-electron chi connectivity index (χ1n) is 14.1. The highest BCUT2D eigenvalue weighted by Gasteiger charge is 2.37. The Bertz CT molecular complexity index is 1620. The number of hydrogen-bond donors (Lipinski definition) is 1. The Kier molecular flexibility index (Phi) is 11.3. The number of anilines is 1. The Hall–Kier alpha value is -2.99. The van der Waals surface area contributed by atoms with Gasteiger partial charge in [-0.3, -0.25) is 13.9 Å². The quantitative estimate of drug-likeness (QED) is 0.230. The molecule has 0 bridgehead atoms. The first-order chi connectivity index (χ1) is 21.1. The molecule has 0 spiro atoms. The lowest BCUT2D eigenvalue weighted by atomic mass is 10.0. The standard InChI is InChI=1S/C31H31Cl3F3N3O4S/c1-45(43,44)40(27-17-21(31(35,36)37)14-15-26(27)34)19-29(41)39(18-23-24(32)12-7-13-25(23)33)28(16-20-8-3-2-4-9-20)30(42)38-22-10-5-6-11-22/h2-4,7-9,12-15,17,22,28H,5-6,10-11,16,18-19H2,1H3,(H,38,42). The predicted octanol–water partition coefficient (Wildman–Crippen LogP) is 7.13. The van der Waals surface area contributed by atoms with Crippen LogP contribution in [0, 0.1) is 0 Å². The minimum Gasteiger partial charge on any atom is -0.352 e. The van der Waals surface area contributed by atoms with Crippen molar-refractivity contribution in [2.24, 2.45) is 0 Å². The molecule has 4 rings (SSSR count). The molecule has 0 aromatic heterocycles. The Morgan fingerprint density at radius 2 is 1.56 bits per heavy atom. The molecule has 1 aliphatic rings. The molecule has 1 unspecified atom stereocenters. The van der Waals surface area contributed by atoms with E-state index >= 15 is 0 Å². The lowest BCUT2D eigenvalue weighted by molar-refractivity contribution is -0.140. The first-order valence-corrected chi connectivity index (χ1v) is 17.0. The molecule has 1 saturated carbocycles. The van der Waals surface area contributed by atoms with Crippen molar-refractivity contribution >= 4 is 62.3 Å². The highest BCUT2D eigenvalue weighted by atomic mass is 35.5. The van der Waals surface area contributed by atoms with E-state index in [9.17, 15) is 31.2 Å². The summed E-state index contributed by atoms with van der Waals surface area (Å²) in [5, 5.41) is 3.11. The molecule has 3 aromatic rings. The molecule has 1 fully saturated rings. The number of benzene rings is 3. The topological polar surface area (TPSA) is 86.8 Å². The molecule has 0 radical (unpaired) electrons. The van der Waals surface area contributed by atoms with Gasteiger partial charge in [0.15, 0.2) is 0 Å². The zero-order chi connectivity index (χ0) is 32.9. The molecule has 0 aliphatic heterocycles. The van der Waals surface area contributed by atoms with Gasteiger partial charge in [0.05, 0.1) is 22.5 Å². The van der Waals surface area contributed by atoms with Crippen molar-refractivity contribution < 1.29 is 31.2 Å². The van der Waals surface area contributed by atoms with Crippen LogP contribution >= 0.6 is 34.8 Å². The summed E-state index contributed by atoms with van der Waals surface area (Å²) in [6.07, 6.45) is -0.594. The van der Waals surface area contributed by atoms with E-state index in [1.165, 1.54) is 4.90 Å². The van der Waals surface area contributed by atoms with Crippen LogP contribution in [0.2, 0.25) is 15.1 Å². The van der Waals surface area contributed by atoms with E-state index in [1.807, 2.05) is 0 Å². The summed E-state index contributed by atoms with van der Waals surface area (Å²) in [5.41, 5.74) is -0.661. The monoisotopic (exact) mass is 703 g/mol. The van der Waals surface area contributed by atoms with Crippen LogP contribution in [-0.2, 0) is 38.8 Å². The molecule has 7 nitrogen and oxygen atoms in total. The van der Waals surface area contributed by atoms with E-state index in [0.29, 0.717) is 27.6 Å². The fourth-order valence-corrected chi connectivity index (χ4v) is 6.89. The van der Waals surface area contributed by atoms with Gasteiger partial charge in [-0.2, -0.15) is 13.2 Å². The Morgan fingerprint density at radius 1 is 0.933 bits per heavy atom. The van der Waals surface area contributed by atoms with Gasteiger partial charge in [-0.15, -0.1) is 0 Å². The summed E-state index contributed by atoms with van der Waals surface area (Å²) in [6.45, 7) is -1.25. The summed E-state index contributed by atoms with van der Waals surface area (Å²) in [5.74, 6) is -1.35. The smallest absolute Gasteiger partial charge is 0.352 e. The molecule has 0 heterocycles. The largest absolute Gasteiger partial charge is 0.416 e. The lowest BCUT2D eigenvalue weighted by Gasteiger charge is -2.34. The van der Waals surface area contributed by atoms with Gasteiger partial charge in [0.25, 0.3) is 0 Å². The van der Waals surface area contributed by atoms with Crippen LogP contribution in [0.4, 0.5) is 18.9 Å². The van der Waals surface area contributed by atoms with Crippen molar-refractivity contribution in [1.82, 2.24) is 10.2 Å². The van der Waals surface area contributed by atoms with Crippen LogP contribution in [0.5, 0.6) is 0 Å². The van der Waals surface area contributed by atoms with Crippen molar-refractivity contribution in [3.8, 4) is 0 Å². The molecule has 3 aromatic carbocycles. The van der Waals surface area contributed by atoms with E-state index in [4.69, 9.17) is 34.8 Å². The molecular weight excluding hydrogens is 674 g/mol. The summed E-state index contributed by atoms with van der Waals surface area (Å²) in [4.78, 5) is 29.3. The number of rotatable bonds is 11. The normalized spacial score (nSPS) is 14.6. The second-order valence-electron chi connectivity index (χ2n) is 10.9. The number of sulfonamides is 1. The molecule has 1 aliphatic carbocycles. The van der Waals surface area contributed by atoms with Crippen LogP contribution in [0.3, 0.4) is 0 Å². The second-order valence-corrected chi connectivity index (χ2v) is 14.0. The third kappa shape index (κ3) is 9.06. The van der Waals surface area contributed by atoms with Gasteiger partial charge in [-0.05, 0) is 48.7 Å². The highest BCUT2D eigenvalue weighted by Crippen LogP contribution is 2.36. The zero-order valence-electron chi connectivity index (χ0n) is 24.2. The molecule has 242 valence electrons. The molecule has 2 amide bonds. The summed E-state index contributed by atoms with van der Waals surface area (Å²) < 4.78 is 67.2. The Morgan fingerprint density at radius 3 is 2.13 bits per heavy atom. The molecule has 1 atom stereocenters. The van der Waals surface area contributed by atoms with Crippen LogP contribution in [-0.4, -0.2) is 50.0 Å². The first kappa shape index (κ1) is 34.9. The number of carbonyl (C=O) groups excluding carboxylic acids is 2. The van der Waals surface area contributed by atoms with E-state index in [-0.39, 0.29) is 34.1 Å². The van der Waals surface area contributed by atoms with Crippen molar-refractivity contribution in [1.29, 1.82) is 0 Å². The van der Waals surface area contributed by atoms with Gasteiger partial charge < -0.3 is 10.2 Å². The van der Waals surface area contributed by atoms with E-state index in [0.717, 1.165) is 38.0 Å². The highest BCUT2D eigenvalue weighted by molar-refractivity contribution is 7.92. The SMILES string of the molecule is CS(=O)(=O)N(CC(=O)N(Cc1c(Cl)cccc1Cl)C(Cc1ccccc1)C(=O)NC1CCCC1)c1cc(C(F)(F)F)ccc1Cl. The van der Waals surface area contributed by atoms with Gasteiger partial charge in [0.2, 0.25) is 21.8 Å². The maximum atomic E-state index is 14.3. The molecule has 1 N–H and O–H groups in total. The van der Waals surface area contributed by atoms with Crippen LogP contribution in [0.25, 0.3) is 0 Å². The number of nitrogens with zero attached hydrogens (tertiary/aromatic N) is 2. The minimum atomic E-state index is -4.81. The number of nitrogens with one attached hydrogen (secondary N) is 1. The molecule has 14 heteroatoms. The van der Waals surface area contributed by atoms with Gasteiger partial charge in [0, 0.05) is 34.6 Å². The Labute approximate surface area is 275 Å². The number of halogens is 6. The zero-order valence-corrected chi connectivity index (χ0v) is 27.2. The summed E-state index contributed by atoms with van der Waals surface area (Å²) in [6, 6.07) is 14.6. The average Bonchev–Trinajstić information content (AvgIpc) is 3.47. The minimum absolute atomic E-state index is 0.0520. The second kappa shape index (κ2) is 14.6. The fourth-order valence-electron chi connectivity index (χ4n) is 5.25. The van der Waals surface area contributed by atoms with Crippen molar-refractivity contribution in [2.45, 2.75) is 56.9 Å².